The zero-order valence-electron chi connectivity index (χ0n) is 16.8. The molecule has 0 radical (unpaired) electrons. The predicted molar refractivity (Wildman–Crippen MR) is 107 cm³/mol. The number of hydrogen-bond donors (Lipinski definition) is 2. The van der Waals surface area contributed by atoms with Crippen LogP contribution in [0.1, 0.15) is 77.6 Å². The number of alkyl halides is 1. The number of ketones is 1. The van der Waals surface area contributed by atoms with Gasteiger partial charge in [0.25, 0.3) is 0 Å². The zero-order chi connectivity index (χ0) is 19.7. The first-order valence-corrected chi connectivity index (χ1v) is 10.8. The molecule has 2 N–H and O–H groups in total. The standard InChI is InChI=1S/C23H37FO3/c1-2-3-4-5-6-10-18-19(21(26)17-20(18)25)11-7-12-22(27)23(13-8-14-23)15-9-16-24/h5-7,11,18-19,21-22,26-27H,2-4,8-10,12-17H2,1H3/b6-5-,11-7+/t18-,19-,21-,22?/m1/s1. The van der Waals surface area contributed by atoms with E-state index in [1.165, 1.54) is 0 Å². The summed E-state index contributed by atoms with van der Waals surface area (Å²) in [5, 5.41) is 20.9. The van der Waals surface area contributed by atoms with Gasteiger partial charge in [-0.2, -0.15) is 0 Å². The molecule has 2 aliphatic rings. The van der Waals surface area contributed by atoms with Gasteiger partial charge in [0.15, 0.2) is 0 Å². The first kappa shape index (κ1) is 22.3. The molecule has 0 amide bonds. The van der Waals surface area contributed by atoms with Crippen LogP contribution >= 0.6 is 0 Å². The lowest BCUT2D eigenvalue weighted by Gasteiger charge is -2.45. The summed E-state index contributed by atoms with van der Waals surface area (Å²) in [6, 6.07) is 0. The maximum absolute atomic E-state index is 12.5. The van der Waals surface area contributed by atoms with Crippen LogP contribution in [-0.2, 0) is 4.79 Å². The molecular formula is C23H37FO3. The highest BCUT2D eigenvalue weighted by Crippen LogP contribution is 2.48. The van der Waals surface area contributed by atoms with Crippen LogP contribution < -0.4 is 0 Å². The molecule has 154 valence electrons. The Morgan fingerprint density at radius 1 is 1.26 bits per heavy atom. The van der Waals surface area contributed by atoms with Crippen LogP contribution in [0.15, 0.2) is 24.3 Å². The molecule has 0 aliphatic heterocycles. The van der Waals surface area contributed by atoms with Gasteiger partial charge in [-0.1, -0.05) is 50.5 Å². The number of aliphatic hydroxyl groups excluding tert-OH is 2. The maximum Gasteiger partial charge on any atom is 0.139 e. The zero-order valence-corrected chi connectivity index (χ0v) is 16.8. The Hall–Kier alpha value is -1.00. The monoisotopic (exact) mass is 380 g/mol. The van der Waals surface area contributed by atoms with Gasteiger partial charge in [0.05, 0.1) is 18.9 Å². The number of unbranched alkanes of at least 4 members (excludes halogenated alkanes) is 2. The largest absolute Gasteiger partial charge is 0.392 e. The van der Waals surface area contributed by atoms with Crippen LogP contribution in [0, 0.1) is 17.3 Å². The molecule has 2 aliphatic carbocycles. The molecule has 0 spiro atoms. The molecule has 4 atom stereocenters. The fraction of sp³-hybridized carbons (Fsp3) is 0.783. The topological polar surface area (TPSA) is 57.5 Å². The minimum absolute atomic E-state index is 0.123. The number of halogens is 1. The molecule has 0 saturated heterocycles. The van der Waals surface area contributed by atoms with Crippen molar-refractivity contribution in [2.75, 3.05) is 6.67 Å². The molecule has 0 heterocycles. The van der Waals surface area contributed by atoms with Gasteiger partial charge in [0.1, 0.15) is 5.78 Å². The number of carbonyl (C=O) groups excluding carboxylic acids is 1. The van der Waals surface area contributed by atoms with E-state index in [1.807, 2.05) is 12.2 Å². The molecule has 0 aromatic heterocycles. The third-order valence-electron chi connectivity index (χ3n) is 6.60. The highest BCUT2D eigenvalue weighted by Gasteiger charge is 2.42. The Morgan fingerprint density at radius 2 is 2.04 bits per heavy atom. The summed E-state index contributed by atoms with van der Waals surface area (Å²) in [6.45, 7) is 1.83. The first-order chi connectivity index (χ1) is 13.0. The minimum atomic E-state index is -0.621. The van der Waals surface area contributed by atoms with Crippen molar-refractivity contribution >= 4 is 5.78 Å². The molecule has 0 aromatic carbocycles. The van der Waals surface area contributed by atoms with E-state index >= 15 is 0 Å². The fourth-order valence-electron chi connectivity index (χ4n) is 4.62. The van der Waals surface area contributed by atoms with Gasteiger partial charge in [-0.25, -0.2) is 0 Å². The van der Waals surface area contributed by atoms with Gasteiger partial charge in [-0.15, -0.1) is 0 Å². The first-order valence-electron chi connectivity index (χ1n) is 10.8. The Morgan fingerprint density at radius 3 is 2.67 bits per heavy atom. The van der Waals surface area contributed by atoms with Gasteiger partial charge in [0, 0.05) is 18.3 Å². The summed E-state index contributed by atoms with van der Waals surface area (Å²) in [4.78, 5) is 12.2. The van der Waals surface area contributed by atoms with Crippen molar-refractivity contribution in [3.8, 4) is 0 Å². The third kappa shape index (κ3) is 5.99. The third-order valence-corrected chi connectivity index (χ3v) is 6.60. The molecule has 27 heavy (non-hydrogen) atoms. The molecule has 2 fully saturated rings. The van der Waals surface area contributed by atoms with Crippen LogP contribution in [-0.4, -0.2) is 34.9 Å². The van der Waals surface area contributed by atoms with Crippen molar-refractivity contribution in [2.24, 2.45) is 17.3 Å². The lowest BCUT2D eigenvalue weighted by Crippen LogP contribution is -2.41. The van der Waals surface area contributed by atoms with Crippen molar-refractivity contribution in [1.29, 1.82) is 0 Å². The summed E-state index contributed by atoms with van der Waals surface area (Å²) >= 11 is 0. The average Bonchev–Trinajstić information content (AvgIpc) is 2.87. The minimum Gasteiger partial charge on any atom is -0.392 e. The SMILES string of the molecule is CCCC/C=C\C[C@H]1C(=O)C[C@@H](O)[C@@H]1/C=C/CC(O)C1(CCCF)CCC1. The molecule has 2 saturated carbocycles. The lowest BCUT2D eigenvalue weighted by molar-refractivity contribution is -0.121. The van der Waals surface area contributed by atoms with Crippen LogP contribution in [0.5, 0.6) is 0 Å². The van der Waals surface area contributed by atoms with Crippen molar-refractivity contribution < 1.29 is 19.4 Å². The van der Waals surface area contributed by atoms with Crippen molar-refractivity contribution in [1.82, 2.24) is 0 Å². The van der Waals surface area contributed by atoms with E-state index in [9.17, 15) is 19.4 Å². The van der Waals surface area contributed by atoms with Crippen molar-refractivity contribution in [3.63, 3.8) is 0 Å². The van der Waals surface area contributed by atoms with E-state index in [0.717, 1.165) is 44.9 Å². The van der Waals surface area contributed by atoms with Crippen molar-refractivity contribution in [3.05, 3.63) is 24.3 Å². The van der Waals surface area contributed by atoms with E-state index in [2.05, 4.69) is 19.1 Å². The molecule has 3 nitrogen and oxygen atoms in total. The lowest BCUT2D eigenvalue weighted by atomic mass is 9.62. The van der Waals surface area contributed by atoms with Crippen LogP contribution in [0.3, 0.4) is 0 Å². The average molecular weight is 381 g/mol. The summed E-state index contributed by atoms with van der Waals surface area (Å²) in [5.74, 6) is -0.185. The molecule has 2 rings (SSSR count). The van der Waals surface area contributed by atoms with Gasteiger partial charge in [-0.05, 0) is 50.4 Å². The summed E-state index contributed by atoms with van der Waals surface area (Å²) < 4.78 is 12.5. The van der Waals surface area contributed by atoms with Crippen LogP contribution in [0.4, 0.5) is 4.39 Å². The second-order valence-electron chi connectivity index (χ2n) is 8.46. The van der Waals surface area contributed by atoms with Crippen LogP contribution in [0.2, 0.25) is 0 Å². The van der Waals surface area contributed by atoms with E-state index in [1.54, 1.807) is 0 Å². The predicted octanol–water partition coefficient (Wildman–Crippen LogP) is 4.92. The molecule has 4 heteroatoms. The molecule has 0 aromatic rings. The number of carbonyl (C=O) groups is 1. The Bertz CT molecular complexity index is 510. The number of Topliss-reactive ketones (excluding diaryl/α,β-unsaturated/α-hetero) is 1. The smallest absolute Gasteiger partial charge is 0.139 e. The van der Waals surface area contributed by atoms with E-state index in [0.29, 0.717) is 19.3 Å². The summed E-state index contributed by atoms with van der Waals surface area (Å²) in [5.41, 5.74) is -0.123. The van der Waals surface area contributed by atoms with E-state index in [-0.39, 0.29) is 36.1 Å². The molecule has 0 bridgehead atoms. The number of rotatable bonds is 12. The van der Waals surface area contributed by atoms with Crippen molar-refractivity contribution in [2.45, 2.75) is 89.8 Å². The highest BCUT2D eigenvalue weighted by molar-refractivity contribution is 5.84. The molecule has 1 unspecified atom stereocenters. The second kappa shape index (κ2) is 11.1. The van der Waals surface area contributed by atoms with E-state index in [4.69, 9.17) is 0 Å². The quantitative estimate of drug-likeness (QED) is 0.373. The van der Waals surface area contributed by atoms with Gasteiger partial charge in [0.2, 0.25) is 0 Å². The van der Waals surface area contributed by atoms with Gasteiger partial charge < -0.3 is 10.2 Å². The number of allylic oxidation sites excluding steroid dienone is 2. The Kier molecular flexibility index (Phi) is 9.17. The fourth-order valence-corrected chi connectivity index (χ4v) is 4.62. The Balaban J connectivity index is 1.88. The maximum atomic E-state index is 12.5. The number of hydrogen-bond acceptors (Lipinski definition) is 3. The van der Waals surface area contributed by atoms with E-state index < -0.39 is 12.2 Å². The normalized spacial score (nSPS) is 28.9. The van der Waals surface area contributed by atoms with Gasteiger partial charge in [-0.3, -0.25) is 9.18 Å². The summed E-state index contributed by atoms with van der Waals surface area (Å²) in [6.07, 6.45) is 16.1. The molecular weight excluding hydrogens is 343 g/mol. The van der Waals surface area contributed by atoms with Crippen LogP contribution in [0.25, 0.3) is 0 Å². The number of aliphatic hydroxyl groups is 2. The summed E-state index contributed by atoms with van der Waals surface area (Å²) in [7, 11) is 0. The highest BCUT2D eigenvalue weighted by atomic mass is 19.1. The second-order valence-corrected chi connectivity index (χ2v) is 8.46. The van der Waals surface area contributed by atoms with Gasteiger partial charge >= 0.3 is 0 Å². The Labute approximate surface area is 163 Å².